The third-order valence-corrected chi connectivity index (χ3v) is 6.83. The topological polar surface area (TPSA) is 3.24 Å². The summed E-state index contributed by atoms with van der Waals surface area (Å²) in [6.07, 6.45) is 3.21. The minimum atomic E-state index is -1.24. The van der Waals surface area contributed by atoms with E-state index in [1.807, 2.05) is 6.08 Å². The Labute approximate surface area is 107 Å². The first-order chi connectivity index (χ1) is 7.95. The summed E-state index contributed by atoms with van der Waals surface area (Å²) < 4.78 is 0. The standard InChI is InChI=1S/C15H25NSi/c1-6-14-8-10-15(11-9-14)17(4,5)13-7-12-16(2)3/h6,8-11H,1,7,12-13H2,2-5H3. The molecule has 2 heteroatoms. The Morgan fingerprint density at radius 1 is 1.18 bits per heavy atom. The van der Waals surface area contributed by atoms with Crippen molar-refractivity contribution in [3.8, 4) is 0 Å². The van der Waals surface area contributed by atoms with E-state index in [-0.39, 0.29) is 0 Å². The molecule has 0 unspecified atom stereocenters. The van der Waals surface area contributed by atoms with E-state index in [9.17, 15) is 0 Å². The van der Waals surface area contributed by atoms with E-state index < -0.39 is 8.07 Å². The fourth-order valence-electron chi connectivity index (χ4n) is 2.05. The van der Waals surface area contributed by atoms with Gasteiger partial charge in [0.05, 0.1) is 8.07 Å². The van der Waals surface area contributed by atoms with Crippen molar-refractivity contribution in [2.24, 2.45) is 0 Å². The Morgan fingerprint density at radius 2 is 1.76 bits per heavy atom. The number of benzene rings is 1. The van der Waals surface area contributed by atoms with Crippen LogP contribution in [-0.2, 0) is 0 Å². The van der Waals surface area contributed by atoms with Gasteiger partial charge in [-0.1, -0.05) is 61.2 Å². The van der Waals surface area contributed by atoms with E-state index in [1.165, 1.54) is 24.6 Å². The normalized spacial score (nSPS) is 11.8. The fourth-order valence-corrected chi connectivity index (χ4v) is 4.45. The largest absolute Gasteiger partial charge is 0.309 e. The van der Waals surface area contributed by atoms with E-state index in [2.05, 4.69) is 62.9 Å². The van der Waals surface area contributed by atoms with Crippen molar-refractivity contribution in [3.63, 3.8) is 0 Å². The van der Waals surface area contributed by atoms with Crippen LogP contribution in [0.1, 0.15) is 12.0 Å². The molecule has 94 valence electrons. The fraction of sp³-hybridized carbons (Fsp3) is 0.467. The van der Waals surface area contributed by atoms with Gasteiger partial charge in [0.1, 0.15) is 0 Å². The van der Waals surface area contributed by atoms with Crippen LogP contribution in [0.2, 0.25) is 19.1 Å². The van der Waals surface area contributed by atoms with Gasteiger partial charge in [0.15, 0.2) is 0 Å². The number of hydrogen-bond acceptors (Lipinski definition) is 1. The van der Waals surface area contributed by atoms with Gasteiger partial charge in [0.2, 0.25) is 0 Å². The first-order valence-electron chi connectivity index (χ1n) is 6.33. The smallest absolute Gasteiger partial charge is 0.0806 e. The molecular weight excluding hydrogens is 222 g/mol. The Morgan fingerprint density at radius 3 is 2.24 bits per heavy atom. The van der Waals surface area contributed by atoms with Crippen LogP contribution in [-0.4, -0.2) is 33.6 Å². The van der Waals surface area contributed by atoms with E-state index in [1.54, 1.807) is 5.19 Å². The third-order valence-electron chi connectivity index (χ3n) is 3.33. The summed E-state index contributed by atoms with van der Waals surface area (Å²) in [4.78, 5) is 2.27. The predicted octanol–water partition coefficient (Wildman–Crippen LogP) is 3.20. The summed E-state index contributed by atoms with van der Waals surface area (Å²) in [5.74, 6) is 0. The molecule has 0 atom stereocenters. The Balaban J connectivity index is 2.64. The molecule has 0 aliphatic rings. The van der Waals surface area contributed by atoms with Gasteiger partial charge >= 0.3 is 0 Å². The number of rotatable bonds is 6. The molecule has 17 heavy (non-hydrogen) atoms. The van der Waals surface area contributed by atoms with Crippen LogP contribution >= 0.6 is 0 Å². The summed E-state index contributed by atoms with van der Waals surface area (Å²) >= 11 is 0. The van der Waals surface area contributed by atoms with Gasteiger partial charge in [-0.3, -0.25) is 0 Å². The minimum Gasteiger partial charge on any atom is -0.309 e. The van der Waals surface area contributed by atoms with Gasteiger partial charge in [-0.15, -0.1) is 0 Å². The molecule has 0 saturated carbocycles. The Hall–Kier alpha value is -0.863. The van der Waals surface area contributed by atoms with E-state index in [4.69, 9.17) is 0 Å². The molecule has 1 nitrogen and oxygen atoms in total. The molecule has 0 amide bonds. The zero-order chi connectivity index (χ0) is 12.9. The maximum absolute atomic E-state index is 3.80. The van der Waals surface area contributed by atoms with Crippen molar-refractivity contribution >= 4 is 19.3 Å². The highest BCUT2D eigenvalue weighted by atomic mass is 28.3. The van der Waals surface area contributed by atoms with E-state index >= 15 is 0 Å². The Kier molecular flexibility index (Phi) is 5.16. The average molecular weight is 247 g/mol. The molecule has 0 spiro atoms. The highest BCUT2D eigenvalue weighted by Gasteiger charge is 2.22. The molecule has 0 saturated heterocycles. The minimum absolute atomic E-state index is 1.20. The van der Waals surface area contributed by atoms with Crippen LogP contribution in [0.15, 0.2) is 30.8 Å². The lowest BCUT2D eigenvalue weighted by molar-refractivity contribution is 0.408. The highest BCUT2D eigenvalue weighted by molar-refractivity contribution is 6.89. The van der Waals surface area contributed by atoms with Crippen molar-refractivity contribution in [1.29, 1.82) is 0 Å². The van der Waals surface area contributed by atoms with Crippen molar-refractivity contribution in [2.75, 3.05) is 20.6 Å². The highest BCUT2D eigenvalue weighted by Crippen LogP contribution is 2.13. The first-order valence-corrected chi connectivity index (χ1v) is 9.54. The maximum atomic E-state index is 3.80. The lowest BCUT2D eigenvalue weighted by Crippen LogP contribution is -2.41. The summed E-state index contributed by atoms with van der Waals surface area (Å²) in [7, 11) is 3.05. The third kappa shape index (κ3) is 4.48. The van der Waals surface area contributed by atoms with E-state index in [0.717, 1.165) is 0 Å². The van der Waals surface area contributed by atoms with Crippen molar-refractivity contribution < 1.29 is 0 Å². The molecule has 1 aromatic rings. The lowest BCUT2D eigenvalue weighted by Gasteiger charge is -2.24. The van der Waals surface area contributed by atoms with Crippen LogP contribution in [0.5, 0.6) is 0 Å². The summed E-state index contributed by atoms with van der Waals surface area (Å²) in [5.41, 5.74) is 1.21. The van der Waals surface area contributed by atoms with Crippen LogP contribution < -0.4 is 5.19 Å². The zero-order valence-corrected chi connectivity index (χ0v) is 12.7. The predicted molar refractivity (Wildman–Crippen MR) is 81.6 cm³/mol. The molecule has 0 radical (unpaired) electrons. The molecule has 1 rings (SSSR count). The molecule has 0 aromatic heterocycles. The molecule has 0 aliphatic carbocycles. The quantitative estimate of drug-likeness (QED) is 0.698. The molecule has 0 N–H and O–H groups in total. The van der Waals surface area contributed by atoms with Crippen LogP contribution in [0.25, 0.3) is 6.08 Å². The molecule has 1 aromatic carbocycles. The van der Waals surface area contributed by atoms with Crippen LogP contribution in [0, 0.1) is 0 Å². The SMILES string of the molecule is C=Cc1ccc([Si](C)(C)CCCN(C)C)cc1. The monoisotopic (exact) mass is 247 g/mol. The summed E-state index contributed by atoms with van der Waals surface area (Å²) in [6.45, 7) is 9.92. The van der Waals surface area contributed by atoms with Gasteiger partial charge in [-0.2, -0.15) is 0 Å². The van der Waals surface area contributed by atoms with Gasteiger partial charge in [0, 0.05) is 0 Å². The molecule has 0 bridgehead atoms. The zero-order valence-electron chi connectivity index (χ0n) is 11.7. The van der Waals surface area contributed by atoms with E-state index in [0.29, 0.717) is 0 Å². The second kappa shape index (κ2) is 6.17. The summed E-state index contributed by atoms with van der Waals surface area (Å²) in [5, 5.41) is 1.56. The lowest BCUT2D eigenvalue weighted by atomic mass is 10.2. The van der Waals surface area contributed by atoms with Crippen molar-refractivity contribution in [2.45, 2.75) is 25.6 Å². The molecular formula is C15H25NSi. The summed E-state index contributed by atoms with van der Waals surface area (Å²) in [6, 6.07) is 10.3. The van der Waals surface area contributed by atoms with Crippen LogP contribution in [0.4, 0.5) is 0 Å². The van der Waals surface area contributed by atoms with Crippen molar-refractivity contribution in [3.05, 3.63) is 36.4 Å². The second-order valence-corrected chi connectivity index (χ2v) is 10.5. The maximum Gasteiger partial charge on any atom is 0.0806 e. The molecule has 0 fully saturated rings. The van der Waals surface area contributed by atoms with Gasteiger partial charge < -0.3 is 4.90 Å². The first kappa shape index (κ1) is 14.2. The number of nitrogens with zero attached hydrogens (tertiary/aromatic N) is 1. The van der Waals surface area contributed by atoms with Crippen molar-refractivity contribution in [1.82, 2.24) is 4.90 Å². The van der Waals surface area contributed by atoms with Gasteiger partial charge in [-0.25, -0.2) is 0 Å². The average Bonchev–Trinajstić information content (AvgIpc) is 2.28. The second-order valence-electron chi connectivity index (χ2n) is 5.62. The van der Waals surface area contributed by atoms with Gasteiger partial charge in [-0.05, 0) is 32.6 Å². The van der Waals surface area contributed by atoms with Gasteiger partial charge in [0.25, 0.3) is 0 Å². The van der Waals surface area contributed by atoms with Crippen LogP contribution in [0.3, 0.4) is 0 Å². The molecule has 0 aliphatic heterocycles. The Bertz CT molecular complexity index is 352. The molecule has 0 heterocycles. The number of hydrogen-bond donors (Lipinski definition) is 0.